The molecular weight excluding hydrogens is 410 g/mol. The average Bonchev–Trinajstić information content (AvgIpc) is 2.85. The monoisotopic (exact) mass is 443 g/mol. The first-order chi connectivity index (χ1) is 16.1. The molecule has 0 bridgehead atoms. The van der Waals surface area contributed by atoms with E-state index in [0.717, 1.165) is 51.0 Å². The fraction of sp³-hybridized carbons (Fsp3) is 0.357. The van der Waals surface area contributed by atoms with Crippen molar-refractivity contribution in [2.75, 3.05) is 25.0 Å². The SMILES string of the molecule is CC(=O)Nc1ccc(CN2CCC(CCc3ccccc3)(COc3ccccn3)CC2)cc1. The van der Waals surface area contributed by atoms with Crippen LogP contribution in [0, 0.1) is 5.41 Å². The maximum atomic E-state index is 11.2. The second-order valence-electron chi connectivity index (χ2n) is 9.10. The molecule has 33 heavy (non-hydrogen) atoms. The molecule has 0 spiro atoms. The van der Waals surface area contributed by atoms with Gasteiger partial charge in [0.2, 0.25) is 11.8 Å². The quantitative estimate of drug-likeness (QED) is 0.485. The number of hydrogen-bond donors (Lipinski definition) is 1. The van der Waals surface area contributed by atoms with Gasteiger partial charge in [0.25, 0.3) is 0 Å². The van der Waals surface area contributed by atoms with E-state index in [2.05, 4.69) is 57.7 Å². The predicted octanol–water partition coefficient (Wildman–Crippen LogP) is 5.33. The Bertz CT molecular complexity index is 953. The number of nitrogens with one attached hydrogen (secondary N) is 1. The van der Waals surface area contributed by atoms with E-state index in [1.165, 1.54) is 18.1 Å². The van der Waals surface area contributed by atoms with E-state index in [1.807, 2.05) is 30.3 Å². The number of amides is 1. The van der Waals surface area contributed by atoms with Crippen LogP contribution in [0.15, 0.2) is 79.0 Å². The zero-order valence-electron chi connectivity index (χ0n) is 19.4. The molecule has 1 saturated heterocycles. The number of nitrogens with zero attached hydrogens (tertiary/aromatic N) is 2. The highest BCUT2D eigenvalue weighted by Gasteiger charge is 2.35. The van der Waals surface area contributed by atoms with Crippen LogP contribution in [0.25, 0.3) is 0 Å². The summed E-state index contributed by atoms with van der Waals surface area (Å²) in [5.74, 6) is 0.664. The van der Waals surface area contributed by atoms with Gasteiger partial charge in [-0.2, -0.15) is 0 Å². The Hall–Kier alpha value is -3.18. The van der Waals surface area contributed by atoms with E-state index in [4.69, 9.17) is 4.74 Å². The molecule has 4 rings (SSSR count). The second kappa shape index (κ2) is 11.1. The van der Waals surface area contributed by atoms with E-state index in [1.54, 1.807) is 6.20 Å². The highest BCUT2D eigenvalue weighted by Crippen LogP contribution is 2.37. The molecule has 0 aliphatic carbocycles. The third-order valence-electron chi connectivity index (χ3n) is 6.55. The van der Waals surface area contributed by atoms with Crippen molar-refractivity contribution in [2.45, 2.75) is 39.2 Å². The first-order valence-electron chi connectivity index (χ1n) is 11.8. The van der Waals surface area contributed by atoms with Gasteiger partial charge in [0.15, 0.2) is 0 Å². The van der Waals surface area contributed by atoms with Gasteiger partial charge in [0.1, 0.15) is 0 Å². The van der Waals surface area contributed by atoms with Crippen LogP contribution in [0.3, 0.4) is 0 Å². The number of benzene rings is 2. The summed E-state index contributed by atoms with van der Waals surface area (Å²) < 4.78 is 6.17. The van der Waals surface area contributed by atoms with E-state index < -0.39 is 0 Å². The number of aromatic nitrogens is 1. The van der Waals surface area contributed by atoms with Gasteiger partial charge in [-0.1, -0.05) is 48.5 Å². The topological polar surface area (TPSA) is 54.5 Å². The number of hydrogen-bond acceptors (Lipinski definition) is 4. The normalized spacial score (nSPS) is 15.7. The van der Waals surface area contributed by atoms with Crippen LogP contribution in [0.4, 0.5) is 5.69 Å². The summed E-state index contributed by atoms with van der Waals surface area (Å²) in [5.41, 5.74) is 3.65. The highest BCUT2D eigenvalue weighted by molar-refractivity contribution is 5.88. The molecule has 1 aliphatic rings. The lowest BCUT2D eigenvalue weighted by Gasteiger charge is -2.41. The summed E-state index contributed by atoms with van der Waals surface area (Å²) in [4.78, 5) is 18.1. The van der Waals surface area contributed by atoms with Crippen LogP contribution >= 0.6 is 0 Å². The molecule has 5 nitrogen and oxygen atoms in total. The maximum Gasteiger partial charge on any atom is 0.221 e. The molecule has 0 atom stereocenters. The van der Waals surface area contributed by atoms with Crippen molar-refractivity contribution in [2.24, 2.45) is 5.41 Å². The number of carbonyl (C=O) groups excluding carboxylic acids is 1. The molecule has 172 valence electrons. The number of piperidine rings is 1. The van der Waals surface area contributed by atoms with Gasteiger partial charge in [0.05, 0.1) is 6.61 Å². The number of carbonyl (C=O) groups is 1. The lowest BCUT2D eigenvalue weighted by molar-refractivity contribution is -0.114. The van der Waals surface area contributed by atoms with Gasteiger partial charge < -0.3 is 10.1 Å². The Kier molecular flexibility index (Phi) is 7.74. The number of rotatable bonds is 9. The largest absolute Gasteiger partial charge is 0.477 e. The van der Waals surface area contributed by atoms with E-state index in [9.17, 15) is 4.79 Å². The maximum absolute atomic E-state index is 11.2. The van der Waals surface area contributed by atoms with Gasteiger partial charge in [-0.15, -0.1) is 0 Å². The van der Waals surface area contributed by atoms with Gasteiger partial charge in [-0.3, -0.25) is 9.69 Å². The lowest BCUT2D eigenvalue weighted by atomic mass is 9.74. The molecule has 0 radical (unpaired) electrons. The van der Waals surface area contributed by atoms with Crippen molar-refractivity contribution < 1.29 is 9.53 Å². The lowest BCUT2D eigenvalue weighted by Crippen LogP contribution is -2.43. The van der Waals surface area contributed by atoms with Crippen LogP contribution in [-0.2, 0) is 17.8 Å². The zero-order chi connectivity index (χ0) is 22.9. The fourth-order valence-electron chi connectivity index (χ4n) is 4.52. The second-order valence-corrected chi connectivity index (χ2v) is 9.10. The fourth-order valence-corrected chi connectivity index (χ4v) is 4.52. The van der Waals surface area contributed by atoms with Crippen molar-refractivity contribution in [1.29, 1.82) is 0 Å². The first-order valence-corrected chi connectivity index (χ1v) is 11.8. The van der Waals surface area contributed by atoms with Crippen molar-refractivity contribution in [3.05, 3.63) is 90.1 Å². The zero-order valence-corrected chi connectivity index (χ0v) is 19.4. The van der Waals surface area contributed by atoms with Gasteiger partial charge in [-0.05, 0) is 68.1 Å². The molecule has 5 heteroatoms. The van der Waals surface area contributed by atoms with E-state index in [0.29, 0.717) is 12.5 Å². The first kappa shape index (κ1) is 23.0. The third-order valence-corrected chi connectivity index (χ3v) is 6.55. The molecule has 0 unspecified atom stereocenters. The Morgan fingerprint density at radius 2 is 1.70 bits per heavy atom. The van der Waals surface area contributed by atoms with Gasteiger partial charge in [0, 0.05) is 36.8 Å². The summed E-state index contributed by atoms with van der Waals surface area (Å²) in [6.45, 7) is 5.26. The standard InChI is InChI=1S/C28H33N3O2/c1-23(32)30-26-12-10-25(11-13-26)21-31-19-16-28(17-20-31,15-14-24-7-3-2-4-8-24)22-33-27-9-5-6-18-29-27/h2-13,18H,14-17,19-22H2,1H3,(H,30,32). The third kappa shape index (κ3) is 6.90. The van der Waals surface area contributed by atoms with Crippen LogP contribution in [0.5, 0.6) is 5.88 Å². The number of aryl methyl sites for hydroxylation is 1. The Morgan fingerprint density at radius 1 is 0.970 bits per heavy atom. The molecule has 1 aromatic heterocycles. The minimum atomic E-state index is -0.0430. The molecule has 1 fully saturated rings. The van der Waals surface area contributed by atoms with Crippen molar-refractivity contribution in [3.8, 4) is 5.88 Å². The molecule has 1 N–H and O–H groups in total. The molecule has 0 saturated carbocycles. The summed E-state index contributed by atoms with van der Waals surface area (Å²) in [7, 11) is 0. The van der Waals surface area contributed by atoms with Crippen LogP contribution in [-0.4, -0.2) is 35.5 Å². The molecule has 3 aromatic rings. The minimum Gasteiger partial charge on any atom is -0.477 e. The van der Waals surface area contributed by atoms with Crippen molar-refractivity contribution in [1.82, 2.24) is 9.88 Å². The van der Waals surface area contributed by atoms with Crippen molar-refractivity contribution >= 4 is 11.6 Å². The van der Waals surface area contributed by atoms with E-state index >= 15 is 0 Å². The van der Waals surface area contributed by atoms with Crippen LogP contribution in [0.1, 0.15) is 37.3 Å². The Labute approximate surface area is 196 Å². The molecule has 1 amide bonds. The number of pyridine rings is 1. The highest BCUT2D eigenvalue weighted by atomic mass is 16.5. The number of ether oxygens (including phenoxy) is 1. The Balaban J connectivity index is 1.36. The van der Waals surface area contributed by atoms with Crippen LogP contribution in [0.2, 0.25) is 0 Å². The van der Waals surface area contributed by atoms with Crippen LogP contribution < -0.4 is 10.1 Å². The summed E-state index contributed by atoms with van der Waals surface area (Å²) >= 11 is 0. The molecule has 2 aromatic carbocycles. The molecule has 2 heterocycles. The molecular formula is C28H33N3O2. The number of anilines is 1. The summed E-state index contributed by atoms with van der Waals surface area (Å²) in [6.07, 6.45) is 6.18. The summed E-state index contributed by atoms with van der Waals surface area (Å²) in [5, 5.41) is 2.83. The smallest absolute Gasteiger partial charge is 0.221 e. The van der Waals surface area contributed by atoms with Gasteiger partial charge in [-0.25, -0.2) is 4.98 Å². The Morgan fingerprint density at radius 3 is 2.36 bits per heavy atom. The van der Waals surface area contributed by atoms with E-state index in [-0.39, 0.29) is 11.3 Å². The van der Waals surface area contributed by atoms with Gasteiger partial charge >= 0.3 is 0 Å². The molecule has 1 aliphatic heterocycles. The summed E-state index contributed by atoms with van der Waals surface area (Å²) in [6, 6.07) is 24.7. The van der Waals surface area contributed by atoms with Crippen molar-refractivity contribution in [3.63, 3.8) is 0 Å². The number of likely N-dealkylation sites (tertiary alicyclic amines) is 1. The average molecular weight is 444 g/mol. The minimum absolute atomic E-state index is 0.0430. The predicted molar refractivity (Wildman–Crippen MR) is 132 cm³/mol.